The summed E-state index contributed by atoms with van der Waals surface area (Å²) in [5, 5.41) is 0. The van der Waals surface area contributed by atoms with Crippen LogP contribution in [0.25, 0.3) is 0 Å². The standard InChI is InChI=1S/C16H19N3O5S/c1-22-12-3-5-14(6-4-12)25(20,21)19-8-7-13(11-19)24-16-10-17-9-15(18-16)23-2/h3-6,9-10,13H,7-8,11H2,1-2H3. The van der Waals surface area contributed by atoms with Crippen LogP contribution in [-0.4, -0.2) is 56.1 Å². The van der Waals surface area contributed by atoms with E-state index in [9.17, 15) is 8.42 Å². The predicted molar refractivity (Wildman–Crippen MR) is 89.4 cm³/mol. The van der Waals surface area contributed by atoms with Crippen molar-refractivity contribution in [2.75, 3.05) is 27.3 Å². The van der Waals surface area contributed by atoms with Crippen LogP contribution in [0.5, 0.6) is 17.5 Å². The van der Waals surface area contributed by atoms with Crippen molar-refractivity contribution in [3.05, 3.63) is 36.7 Å². The number of hydrogen-bond acceptors (Lipinski definition) is 7. The second-order valence-corrected chi connectivity index (χ2v) is 7.40. The highest BCUT2D eigenvalue weighted by atomic mass is 32.2. The van der Waals surface area contributed by atoms with Crippen LogP contribution in [0.2, 0.25) is 0 Å². The molecular weight excluding hydrogens is 346 g/mol. The van der Waals surface area contributed by atoms with E-state index in [1.807, 2.05) is 0 Å². The van der Waals surface area contributed by atoms with E-state index >= 15 is 0 Å². The van der Waals surface area contributed by atoms with Crippen molar-refractivity contribution >= 4 is 10.0 Å². The van der Waals surface area contributed by atoms with Gasteiger partial charge in [-0.05, 0) is 30.7 Å². The summed E-state index contributed by atoms with van der Waals surface area (Å²) in [5.74, 6) is 1.27. The van der Waals surface area contributed by atoms with E-state index in [-0.39, 0.29) is 17.5 Å². The molecular formula is C16H19N3O5S. The zero-order valence-corrected chi connectivity index (χ0v) is 14.8. The lowest BCUT2D eigenvalue weighted by Gasteiger charge is -2.17. The van der Waals surface area contributed by atoms with Crippen molar-refractivity contribution in [1.29, 1.82) is 0 Å². The normalized spacial score (nSPS) is 18.1. The fourth-order valence-electron chi connectivity index (χ4n) is 2.57. The lowest BCUT2D eigenvalue weighted by atomic mass is 10.3. The van der Waals surface area contributed by atoms with Gasteiger partial charge in [-0.3, -0.25) is 4.98 Å². The van der Waals surface area contributed by atoms with Crippen molar-refractivity contribution < 1.29 is 22.6 Å². The second-order valence-electron chi connectivity index (χ2n) is 5.47. The van der Waals surface area contributed by atoms with Gasteiger partial charge in [-0.2, -0.15) is 9.29 Å². The second kappa shape index (κ2) is 7.24. The molecule has 0 spiro atoms. The number of nitrogens with zero attached hydrogens (tertiary/aromatic N) is 3. The molecule has 1 atom stereocenters. The number of aromatic nitrogens is 2. The molecule has 0 N–H and O–H groups in total. The third kappa shape index (κ3) is 3.83. The van der Waals surface area contributed by atoms with Crippen LogP contribution in [0.3, 0.4) is 0 Å². The largest absolute Gasteiger partial charge is 0.497 e. The summed E-state index contributed by atoms with van der Waals surface area (Å²) in [6.07, 6.45) is 3.24. The Hall–Kier alpha value is -2.39. The van der Waals surface area contributed by atoms with Gasteiger partial charge >= 0.3 is 0 Å². The predicted octanol–water partition coefficient (Wildman–Crippen LogP) is 1.34. The number of sulfonamides is 1. The Labute approximate surface area is 146 Å². The number of methoxy groups -OCH3 is 2. The zero-order valence-electron chi connectivity index (χ0n) is 14.0. The maximum atomic E-state index is 12.7. The molecule has 1 aromatic carbocycles. The summed E-state index contributed by atoms with van der Waals surface area (Å²) < 4.78 is 42.6. The zero-order chi connectivity index (χ0) is 17.9. The Kier molecular flexibility index (Phi) is 5.05. The highest BCUT2D eigenvalue weighted by Gasteiger charge is 2.33. The van der Waals surface area contributed by atoms with E-state index in [1.54, 1.807) is 12.1 Å². The molecule has 25 heavy (non-hydrogen) atoms. The van der Waals surface area contributed by atoms with E-state index in [0.717, 1.165) is 0 Å². The molecule has 1 unspecified atom stereocenters. The average Bonchev–Trinajstić information content (AvgIpc) is 3.11. The first-order valence-electron chi connectivity index (χ1n) is 7.70. The van der Waals surface area contributed by atoms with Crippen LogP contribution in [0.1, 0.15) is 6.42 Å². The third-order valence-electron chi connectivity index (χ3n) is 3.89. The SMILES string of the molecule is COc1ccc(S(=O)(=O)N2CCC(Oc3cncc(OC)n3)C2)cc1. The van der Waals surface area contributed by atoms with Gasteiger partial charge in [-0.25, -0.2) is 8.42 Å². The molecule has 8 nitrogen and oxygen atoms in total. The van der Waals surface area contributed by atoms with Crippen LogP contribution in [0.15, 0.2) is 41.6 Å². The number of hydrogen-bond donors (Lipinski definition) is 0. The monoisotopic (exact) mass is 365 g/mol. The van der Waals surface area contributed by atoms with Gasteiger partial charge in [0.05, 0.1) is 38.1 Å². The van der Waals surface area contributed by atoms with Crippen molar-refractivity contribution in [2.45, 2.75) is 17.4 Å². The van der Waals surface area contributed by atoms with Gasteiger partial charge in [0, 0.05) is 6.54 Å². The molecule has 1 saturated heterocycles. The van der Waals surface area contributed by atoms with E-state index in [1.165, 1.54) is 43.1 Å². The highest BCUT2D eigenvalue weighted by Crippen LogP contribution is 2.25. The van der Waals surface area contributed by atoms with Gasteiger partial charge in [0.25, 0.3) is 0 Å². The van der Waals surface area contributed by atoms with Crippen LogP contribution in [0, 0.1) is 0 Å². The molecule has 1 aromatic heterocycles. The molecule has 0 radical (unpaired) electrons. The van der Waals surface area contributed by atoms with E-state index in [4.69, 9.17) is 14.2 Å². The van der Waals surface area contributed by atoms with E-state index in [2.05, 4.69) is 9.97 Å². The molecule has 134 valence electrons. The number of rotatable bonds is 6. The highest BCUT2D eigenvalue weighted by molar-refractivity contribution is 7.89. The van der Waals surface area contributed by atoms with E-state index in [0.29, 0.717) is 30.5 Å². The molecule has 0 aliphatic carbocycles. The minimum absolute atomic E-state index is 0.232. The lowest BCUT2D eigenvalue weighted by molar-refractivity contribution is 0.203. The van der Waals surface area contributed by atoms with Gasteiger partial charge in [-0.15, -0.1) is 0 Å². The first-order chi connectivity index (χ1) is 12.0. The van der Waals surface area contributed by atoms with Crippen LogP contribution in [0.4, 0.5) is 0 Å². The molecule has 0 bridgehead atoms. The minimum Gasteiger partial charge on any atom is -0.497 e. The first kappa shape index (κ1) is 17.4. The quantitative estimate of drug-likeness (QED) is 0.763. The smallest absolute Gasteiger partial charge is 0.243 e. The maximum Gasteiger partial charge on any atom is 0.243 e. The van der Waals surface area contributed by atoms with Gasteiger partial charge in [0.1, 0.15) is 11.9 Å². The molecule has 1 aliphatic heterocycles. The molecule has 1 fully saturated rings. The van der Waals surface area contributed by atoms with Crippen molar-refractivity contribution in [2.24, 2.45) is 0 Å². The minimum atomic E-state index is -3.56. The Balaban J connectivity index is 1.68. The average molecular weight is 365 g/mol. The summed E-state index contributed by atoms with van der Waals surface area (Å²) in [6, 6.07) is 6.33. The maximum absolute atomic E-state index is 12.7. The molecule has 2 heterocycles. The van der Waals surface area contributed by atoms with Crippen molar-refractivity contribution in [3.8, 4) is 17.5 Å². The summed E-state index contributed by atoms with van der Waals surface area (Å²) in [4.78, 5) is 8.33. The van der Waals surface area contributed by atoms with Crippen LogP contribution in [-0.2, 0) is 10.0 Å². The van der Waals surface area contributed by atoms with Crippen molar-refractivity contribution in [1.82, 2.24) is 14.3 Å². The Morgan fingerprint density at radius 3 is 2.48 bits per heavy atom. The fraction of sp³-hybridized carbons (Fsp3) is 0.375. The molecule has 3 rings (SSSR count). The lowest BCUT2D eigenvalue weighted by Crippen LogP contribution is -2.31. The topological polar surface area (TPSA) is 90.9 Å². The van der Waals surface area contributed by atoms with Gasteiger partial charge in [-0.1, -0.05) is 0 Å². The number of benzene rings is 1. The molecule has 9 heteroatoms. The Morgan fingerprint density at radius 1 is 1.08 bits per heavy atom. The molecule has 2 aromatic rings. The summed E-state index contributed by atoms with van der Waals surface area (Å²) >= 11 is 0. The van der Waals surface area contributed by atoms with E-state index < -0.39 is 10.0 Å². The summed E-state index contributed by atoms with van der Waals surface area (Å²) in [7, 11) is -0.537. The fourth-order valence-corrected chi connectivity index (χ4v) is 4.05. The number of ether oxygens (including phenoxy) is 3. The Morgan fingerprint density at radius 2 is 1.80 bits per heavy atom. The summed E-state index contributed by atoms with van der Waals surface area (Å²) in [6.45, 7) is 0.643. The Bertz CT molecular complexity index is 826. The molecule has 0 saturated carbocycles. The van der Waals surface area contributed by atoms with Crippen LogP contribution < -0.4 is 14.2 Å². The summed E-state index contributed by atoms with van der Waals surface area (Å²) in [5.41, 5.74) is 0. The van der Waals surface area contributed by atoms with Gasteiger partial charge < -0.3 is 14.2 Å². The van der Waals surface area contributed by atoms with Crippen molar-refractivity contribution in [3.63, 3.8) is 0 Å². The molecule has 0 amide bonds. The first-order valence-corrected chi connectivity index (χ1v) is 9.14. The van der Waals surface area contributed by atoms with Gasteiger partial charge in [0.15, 0.2) is 0 Å². The molecule has 1 aliphatic rings. The van der Waals surface area contributed by atoms with Crippen LogP contribution >= 0.6 is 0 Å². The van der Waals surface area contributed by atoms with Gasteiger partial charge in [0.2, 0.25) is 21.8 Å². The third-order valence-corrected chi connectivity index (χ3v) is 5.77.